The molecule has 4 nitrogen and oxygen atoms in total. The molecule has 1 N–H and O–H groups in total. The molecule has 0 saturated carbocycles. The Bertz CT molecular complexity index is 337. The van der Waals surface area contributed by atoms with Gasteiger partial charge in [0.15, 0.2) is 0 Å². The van der Waals surface area contributed by atoms with Crippen molar-refractivity contribution in [3.63, 3.8) is 0 Å². The van der Waals surface area contributed by atoms with Crippen LogP contribution in [0.15, 0.2) is 17.6 Å². The van der Waals surface area contributed by atoms with Crippen LogP contribution in [0.25, 0.3) is 0 Å². The van der Waals surface area contributed by atoms with Crippen LogP contribution in [0.1, 0.15) is 6.42 Å². The second kappa shape index (κ2) is 4.33. The monoisotopic (exact) mass is 231 g/mol. The van der Waals surface area contributed by atoms with E-state index in [-0.39, 0.29) is 5.25 Å². The summed E-state index contributed by atoms with van der Waals surface area (Å²) in [7, 11) is -1.11. The number of rotatable bonds is 2. The number of aromatic nitrogens is 2. The van der Waals surface area contributed by atoms with E-state index in [0.717, 1.165) is 19.5 Å². The van der Waals surface area contributed by atoms with Gasteiger partial charge in [-0.1, -0.05) is 11.6 Å². The Morgan fingerprint density at radius 3 is 2.79 bits per heavy atom. The van der Waals surface area contributed by atoms with E-state index < -0.39 is 10.8 Å². The van der Waals surface area contributed by atoms with E-state index in [1.165, 1.54) is 12.4 Å². The minimum atomic E-state index is -1.11. The molecule has 1 aromatic heterocycles. The molecule has 2 rings (SSSR count). The van der Waals surface area contributed by atoms with Crippen molar-refractivity contribution in [2.75, 3.05) is 13.1 Å². The zero-order chi connectivity index (χ0) is 9.97. The molecule has 2 atom stereocenters. The van der Waals surface area contributed by atoms with Crippen LogP contribution in [0.4, 0.5) is 0 Å². The normalized spacial score (nSPS) is 23.6. The predicted molar refractivity (Wildman–Crippen MR) is 54.7 cm³/mol. The molecule has 76 valence electrons. The Kier molecular flexibility index (Phi) is 3.10. The van der Waals surface area contributed by atoms with Crippen LogP contribution in [0.3, 0.4) is 0 Å². The maximum atomic E-state index is 11.9. The van der Waals surface area contributed by atoms with Crippen molar-refractivity contribution in [2.45, 2.75) is 16.8 Å². The van der Waals surface area contributed by atoms with E-state index in [1.54, 1.807) is 0 Å². The third-order valence-corrected chi connectivity index (χ3v) is 3.87. The lowest BCUT2D eigenvalue weighted by Crippen LogP contribution is -2.20. The fraction of sp³-hybridized carbons (Fsp3) is 0.500. The summed E-state index contributed by atoms with van der Waals surface area (Å²) < 4.78 is 11.9. The second-order valence-corrected chi connectivity index (χ2v) is 5.16. The fourth-order valence-electron chi connectivity index (χ4n) is 1.36. The van der Waals surface area contributed by atoms with Crippen molar-refractivity contribution >= 4 is 22.4 Å². The van der Waals surface area contributed by atoms with E-state index in [9.17, 15) is 4.21 Å². The zero-order valence-electron chi connectivity index (χ0n) is 7.44. The van der Waals surface area contributed by atoms with Gasteiger partial charge < -0.3 is 5.32 Å². The lowest BCUT2D eigenvalue weighted by atomic mass is 10.4. The molecule has 0 amide bonds. The molecule has 0 spiro atoms. The summed E-state index contributed by atoms with van der Waals surface area (Å²) in [5.41, 5.74) is 0. The minimum Gasteiger partial charge on any atom is -0.315 e. The molecule has 1 fully saturated rings. The average molecular weight is 232 g/mol. The SMILES string of the molecule is O=[S@](c1ncc(Cl)cn1)[C@@H]1CCNC1. The molecule has 0 radical (unpaired) electrons. The van der Waals surface area contributed by atoms with Crippen LogP contribution in [-0.4, -0.2) is 32.5 Å². The highest BCUT2D eigenvalue weighted by Gasteiger charge is 2.23. The highest BCUT2D eigenvalue weighted by molar-refractivity contribution is 7.85. The largest absolute Gasteiger partial charge is 0.315 e. The van der Waals surface area contributed by atoms with Gasteiger partial charge in [0.2, 0.25) is 5.16 Å². The number of hydrogen-bond donors (Lipinski definition) is 1. The predicted octanol–water partition coefficient (Wildman–Crippen LogP) is 0.599. The van der Waals surface area contributed by atoms with Crippen LogP contribution in [0.2, 0.25) is 5.02 Å². The molecule has 1 aliphatic rings. The first-order chi connectivity index (χ1) is 6.77. The molecule has 6 heteroatoms. The molecule has 0 aliphatic carbocycles. The molecular formula is C8H10ClN3OS. The molecule has 14 heavy (non-hydrogen) atoms. The number of halogens is 1. The van der Waals surface area contributed by atoms with Gasteiger partial charge in [0.1, 0.15) is 0 Å². The summed E-state index contributed by atoms with van der Waals surface area (Å²) in [6.07, 6.45) is 3.87. The Balaban J connectivity index is 2.14. The summed E-state index contributed by atoms with van der Waals surface area (Å²) in [4.78, 5) is 7.90. The van der Waals surface area contributed by atoms with Gasteiger partial charge in [0, 0.05) is 6.54 Å². The van der Waals surface area contributed by atoms with Gasteiger partial charge in [-0.15, -0.1) is 0 Å². The van der Waals surface area contributed by atoms with Gasteiger partial charge >= 0.3 is 0 Å². The number of nitrogens with zero attached hydrogens (tertiary/aromatic N) is 2. The molecule has 0 aromatic carbocycles. The lowest BCUT2D eigenvalue weighted by Gasteiger charge is -2.05. The van der Waals surface area contributed by atoms with Crippen molar-refractivity contribution in [3.8, 4) is 0 Å². The first kappa shape index (κ1) is 10.0. The quantitative estimate of drug-likeness (QED) is 0.758. The molecule has 0 unspecified atom stereocenters. The van der Waals surface area contributed by atoms with E-state index in [1.807, 2.05) is 0 Å². The van der Waals surface area contributed by atoms with Crippen molar-refractivity contribution in [2.24, 2.45) is 0 Å². The molecule has 1 aromatic rings. The Morgan fingerprint density at radius 2 is 2.21 bits per heavy atom. The third-order valence-electron chi connectivity index (χ3n) is 2.09. The van der Waals surface area contributed by atoms with E-state index in [2.05, 4.69) is 15.3 Å². The Hall–Kier alpha value is -0.520. The van der Waals surface area contributed by atoms with Crippen molar-refractivity contribution in [3.05, 3.63) is 17.4 Å². The Labute approximate surface area is 89.6 Å². The standard InChI is InChI=1S/C8H10ClN3OS/c9-6-3-11-8(12-4-6)14(13)7-1-2-10-5-7/h3-4,7,10H,1-2,5H2/t7-,14+/m1/s1. The molecular weight excluding hydrogens is 222 g/mol. The molecule has 1 aliphatic heterocycles. The van der Waals surface area contributed by atoms with E-state index >= 15 is 0 Å². The number of hydrogen-bond acceptors (Lipinski definition) is 4. The van der Waals surface area contributed by atoms with Crippen LogP contribution in [-0.2, 0) is 10.8 Å². The van der Waals surface area contributed by atoms with Crippen molar-refractivity contribution in [1.29, 1.82) is 0 Å². The van der Waals surface area contributed by atoms with Crippen LogP contribution in [0.5, 0.6) is 0 Å². The van der Waals surface area contributed by atoms with Gasteiger partial charge in [-0.2, -0.15) is 0 Å². The second-order valence-electron chi connectivity index (χ2n) is 3.10. The van der Waals surface area contributed by atoms with Crippen molar-refractivity contribution < 1.29 is 4.21 Å². The smallest absolute Gasteiger partial charge is 0.218 e. The Morgan fingerprint density at radius 1 is 1.50 bits per heavy atom. The zero-order valence-corrected chi connectivity index (χ0v) is 9.01. The third kappa shape index (κ3) is 2.10. The highest BCUT2D eigenvalue weighted by Crippen LogP contribution is 2.13. The molecule has 1 saturated heterocycles. The maximum Gasteiger partial charge on any atom is 0.218 e. The maximum absolute atomic E-state index is 11.9. The van der Waals surface area contributed by atoms with Gasteiger partial charge in [0.25, 0.3) is 0 Å². The van der Waals surface area contributed by atoms with Crippen LogP contribution < -0.4 is 5.32 Å². The molecule has 0 bridgehead atoms. The summed E-state index contributed by atoms with van der Waals surface area (Å²) in [6.45, 7) is 1.70. The van der Waals surface area contributed by atoms with Gasteiger partial charge in [-0.3, -0.25) is 4.21 Å². The summed E-state index contributed by atoms with van der Waals surface area (Å²) in [5.74, 6) is 0. The fourth-order valence-corrected chi connectivity index (χ4v) is 2.67. The van der Waals surface area contributed by atoms with E-state index in [0.29, 0.717) is 10.2 Å². The first-order valence-electron chi connectivity index (χ1n) is 4.36. The summed E-state index contributed by atoms with van der Waals surface area (Å²) in [5, 5.41) is 4.14. The minimum absolute atomic E-state index is 0.135. The van der Waals surface area contributed by atoms with Crippen LogP contribution >= 0.6 is 11.6 Å². The van der Waals surface area contributed by atoms with Gasteiger partial charge in [-0.25, -0.2) is 9.97 Å². The lowest BCUT2D eigenvalue weighted by molar-refractivity contribution is 0.664. The van der Waals surface area contributed by atoms with Gasteiger partial charge in [0.05, 0.1) is 33.5 Å². The topological polar surface area (TPSA) is 54.9 Å². The summed E-state index contributed by atoms with van der Waals surface area (Å²) >= 11 is 5.64. The average Bonchev–Trinajstić information content (AvgIpc) is 2.71. The van der Waals surface area contributed by atoms with Crippen molar-refractivity contribution in [1.82, 2.24) is 15.3 Å². The number of nitrogens with one attached hydrogen (secondary N) is 1. The first-order valence-corrected chi connectivity index (χ1v) is 5.95. The highest BCUT2D eigenvalue weighted by atomic mass is 35.5. The molecule has 2 heterocycles. The van der Waals surface area contributed by atoms with E-state index in [4.69, 9.17) is 11.6 Å². The van der Waals surface area contributed by atoms with Gasteiger partial charge in [-0.05, 0) is 13.0 Å². The summed E-state index contributed by atoms with van der Waals surface area (Å²) in [6, 6.07) is 0. The van der Waals surface area contributed by atoms with Crippen LogP contribution in [0, 0.1) is 0 Å².